The fraction of sp³-hybridized carbons (Fsp3) is 0.417. The zero-order valence-corrected chi connectivity index (χ0v) is 11.5. The van der Waals surface area contributed by atoms with E-state index in [9.17, 15) is 0 Å². The number of pyridine rings is 1. The van der Waals surface area contributed by atoms with Crippen molar-refractivity contribution in [2.24, 2.45) is 5.92 Å². The van der Waals surface area contributed by atoms with E-state index in [0.29, 0.717) is 23.6 Å². The maximum atomic E-state index is 5.37. The topological polar surface area (TPSA) is 63.8 Å². The third-order valence-corrected chi connectivity index (χ3v) is 3.67. The molecule has 1 N–H and O–H groups in total. The zero-order chi connectivity index (χ0) is 12.5. The molecular weight excluding hydrogens is 296 g/mol. The molecule has 18 heavy (non-hydrogen) atoms. The van der Waals surface area contributed by atoms with Gasteiger partial charge in [0.15, 0.2) is 0 Å². The Kier molecular flexibility index (Phi) is 3.13. The average Bonchev–Trinajstić information content (AvgIpc) is 2.97. The van der Waals surface area contributed by atoms with Gasteiger partial charge in [-0.1, -0.05) is 12.1 Å². The van der Waals surface area contributed by atoms with Crippen molar-refractivity contribution in [1.82, 2.24) is 20.4 Å². The molecule has 0 aliphatic carbocycles. The predicted molar refractivity (Wildman–Crippen MR) is 70.0 cm³/mol. The molecule has 0 spiro atoms. The lowest BCUT2D eigenvalue weighted by molar-refractivity contribution is 0.340. The Bertz CT molecular complexity index is 557. The molecule has 2 aromatic heterocycles. The first kappa shape index (κ1) is 11.8. The van der Waals surface area contributed by atoms with Gasteiger partial charge >= 0.3 is 0 Å². The van der Waals surface area contributed by atoms with E-state index in [-0.39, 0.29) is 0 Å². The van der Waals surface area contributed by atoms with Gasteiger partial charge in [-0.25, -0.2) is 0 Å². The predicted octanol–water partition coefficient (Wildman–Crippen LogP) is 2.22. The van der Waals surface area contributed by atoms with Gasteiger partial charge in [0.2, 0.25) is 11.7 Å². The number of halogens is 1. The highest BCUT2D eigenvalue weighted by Gasteiger charge is 2.29. The second kappa shape index (κ2) is 4.78. The number of nitrogens with one attached hydrogen (secondary N) is 1. The standard InChI is InChI=1S/C12H13BrN4O/c1-7-3-14-6-10(7)12-16-11(17-18-12)8-2-9(13)5-15-4-8/h2,4-5,7,10,14H,3,6H2,1H3/t7-,10-/m1/s1. The molecule has 0 radical (unpaired) electrons. The molecule has 3 heterocycles. The molecule has 0 bridgehead atoms. The van der Waals surface area contributed by atoms with Crippen LogP contribution in [0.2, 0.25) is 0 Å². The second-order valence-corrected chi connectivity index (χ2v) is 5.51. The van der Waals surface area contributed by atoms with Crippen LogP contribution in [0, 0.1) is 5.92 Å². The van der Waals surface area contributed by atoms with Crippen LogP contribution in [0.5, 0.6) is 0 Å². The Morgan fingerprint density at radius 2 is 2.28 bits per heavy atom. The summed E-state index contributed by atoms with van der Waals surface area (Å²) < 4.78 is 6.27. The van der Waals surface area contributed by atoms with Gasteiger partial charge in [0, 0.05) is 29.0 Å². The molecule has 1 fully saturated rings. The summed E-state index contributed by atoms with van der Waals surface area (Å²) in [6, 6.07) is 1.93. The number of aromatic nitrogens is 3. The molecule has 1 aliphatic heterocycles. The highest BCUT2D eigenvalue weighted by Crippen LogP contribution is 2.28. The van der Waals surface area contributed by atoms with Gasteiger partial charge in [-0.15, -0.1) is 0 Å². The molecular formula is C12H13BrN4O. The van der Waals surface area contributed by atoms with Crippen LogP contribution < -0.4 is 5.32 Å². The molecule has 2 atom stereocenters. The number of rotatable bonds is 2. The smallest absolute Gasteiger partial charge is 0.231 e. The van der Waals surface area contributed by atoms with Gasteiger partial charge in [-0.2, -0.15) is 4.98 Å². The first-order valence-electron chi connectivity index (χ1n) is 5.89. The van der Waals surface area contributed by atoms with E-state index in [4.69, 9.17) is 4.52 Å². The van der Waals surface area contributed by atoms with E-state index in [0.717, 1.165) is 23.1 Å². The van der Waals surface area contributed by atoms with Crippen molar-refractivity contribution >= 4 is 15.9 Å². The summed E-state index contributed by atoms with van der Waals surface area (Å²) in [4.78, 5) is 8.58. The molecule has 3 rings (SSSR count). The van der Waals surface area contributed by atoms with Gasteiger partial charge in [-0.3, -0.25) is 4.98 Å². The Morgan fingerprint density at radius 3 is 3.00 bits per heavy atom. The molecule has 6 heteroatoms. The summed E-state index contributed by atoms with van der Waals surface area (Å²) in [7, 11) is 0. The van der Waals surface area contributed by atoms with Crippen LogP contribution in [0.1, 0.15) is 18.7 Å². The summed E-state index contributed by atoms with van der Waals surface area (Å²) in [6.45, 7) is 4.09. The molecule has 0 amide bonds. The summed E-state index contributed by atoms with van der Waals surface area (Å²) >= 11 is 3.38. The molecule has 0 aromatic carbocycles. The van der Waals surface area contributed by atoms with E-state index >= 15 is 0 Å². The summed E-state index contributed by atoms with van der Waals surface area (Å²) in [5.74, 6) is 2.14. The molecule has 0 unspecified atom stereocenters. The number of nitrogens with zero attached hydrogens (tertiary/aromatic N) is 3. The van der Waals surface area contributed by atoms with E-state index < -0.39 is 0 Å². The van der Waals surface area contributed by atoms with Gasteiger partial charge in [0.05, 0.1) is 5.92 Å². The third-order valence-electron chi connectivity index (χ3n) is 3.24. The molecule has 2 aromatic rings. The van der Waals surface area contributed by atoms with Crippen molar-refractivity contribution in [3.63, 3.8) is 0 Å². The van der Waals surface area contributed by atoms with Crippen molar-refractivity contribution < 1.29 is 4.52 Å². The average molecular weight is 309 g/mol. The van der Waals surface area contributed by atoms with Crippen LogP contribution in [0.25, 0.3) is 11.4 Å². The van der Waals surface area contributed by atoms with Crippen molar-refractivity contribution in [3.8, 4) is 11.4 Å². The molecule has 0 saturated carbocycles. The maximum Gasteiger partial charge on any atom is 0.231 e. The normalized spacial score (nSPS) is 23.4. The molecule has 1 aliphatic rings. The van der Waals surface area contributed by atoms with Crippen LogP contribution in [0.4, 0.5) is 0 Å². The van der Waals surface area contributed by atoms with E-state index in [2.05, 4.69) is 43.3 Å². The van der Waals surface area contributed by atoms with Crippen LogP contribution >= 0.6 is 15.9 Å². The summed E-state index contributed by atoms with van der Waals surface area (Å²) in [5, 5.41) is 7.36. The SMILES string of the molecule is C[C@@H]1CNC[C@H]1c1nc(-c2cncc(Br)c2)no1. The lowest BCUT2D eigenvalue weighted by atomic mass is 9.98. The van der Waals surface area contributed by atoms with Gasteiger partial charge in [-0.05, 0) is 34.5 Å². The van der Waals surface area contributed by atoms with Crippen molar-refractivity contribution in [2.45, 2.75) is 12.8 Å². The maximum absolute atomic E-state index is 5.37. The Morgan fingerprint density at radius 1 is 1.39 bits per heavy atom. The first-order chi connectivity index (χ1) is 8.74. The number of hydrogen-bond donors (Lipinski definition) is 1. The van der Waals surface area contributed by atoms with Crippen molar-refractivity contribution in [1.29, 1.82) is 0 Å². The van der Waals surface area contributed by atoms with Crippen molar-refractivity contribution in [3.05, 3.63) is 28.8 Å². The Balaban J connectivity index is 1.89. The molecule has 94 valence electrons. The van der Waals surface area contributed by atoms with Gasteiger partial charge < -0.3 is 9.84 Å². The second-order valence-electron chi connectivity index (χ2n) is 4.59. The fourth-order valence-electron chi connectivity index (χ4n) is 2.18. The Labute approximate surface area is 113 Å². The largest absolute Gasteiger partial charge is 0.339 e. The van der Waals surface area contributed by atoms with Gasteiger partial charge in [0.1, 0.15) is 0 Å². The number of hydrogen-bond acceptors (Lipinski definition) is 5. The highest BCUT2D eigenvalue weighted by atomic mass is 79.9. The minimum atomic E-state index is 0.311. The van der Waals surface area contributed by atoms with Crippen LogP contribution in [-0.2, 0) is 0 Å². The fourth-order valence-corrected chi connectivity index (χ4v) is 2.54. The van der Waals surface area contributed by atoms with E-state index in [1.807, 2.05) is 6.07 Å². The highest BCUT2D eigenvalue weighted by molar-refractivity contribution is 9.10. The van der Waals surface area contributed by atoms with Gasteiger partial charge in [0.25, 0.3) is 0 Å². The Hall–Kier alpha value is -1.27. The van der Waals surface area contributed by atoms with Crippen molar-refractivity contribution in [2.75, 3.05) is 13.1 Å². The molecule has 1 saturated heterocycles. The summed E-state index contributed by atoms with van der Waals surface area (Å²) in [5.41, 5.74) is 0.859. The van der Waals surface area contributed by atoms with E-state index in [1.165, 1.54) is 0 Å². The van der Waals surface area contributed by atoms with Crippen LogP contribution in [0.15, 0.2) is 27.5 Å². The monoisotopic (exact) mass is 308 g/mol. The lowest BCUT2D eigenvalue weighted by Crippen LogP contribution is -2.08. The summed E-state index contributed by atoms with van der Waals surface area (Å²) in [6.07, 6.45) is 3.46. The quantitative estimate of drug-likeness (QED) is 0.921. The first-order valence-corrected chi connectivity index (χ1v) is 6.68. The zero-order valence-electron chi connectivity index (χ0n) is 9.93. The minimum absolute atomic E-state index is 0.311. The van der Waals surface area contributed by atoms with E-state index in [1.54, 1.807) is 12.4 Å². The minimum Gasteiger partial charge on any atom is -0.339 e. The lowest BCUT2D eigenvalue weighted by Gasteiger charge is -2.07. The third kappa shape index (κ3) is 2.18. The molecule has 5 nitrogen and oxygen atoms in total. The van der Waals surface area contributed by atoms with Crippen LogP contribution in [0.3, 0.4) is 0 Å². The van der Waals surface area contributed by atoms with Crippen LogP contribution in [-0.4, -0.2) is 28.2 Å².